The highest BCUT2D eigenvalue weighted by molar-refractivity contribution is 6.04. The highest BCUT2D eigenvalue weighted by atomic mass is 16.2. The summed E-state index contributed by atoms with van der Waals surface area (Å²) < 4.78 is 2.26. The van der Waals surface area contributed by atoms with Gasteiger partial charge in [0.05, 0.1) is 5.52 Å². The van der Waals surface area contributed by atoms with E-state index in [0.29, 0.717) is 12.2 Å². The van der Waals surface area contributed by atoms with E-state index in [1.54, 1.807) is 0 Å². The third-order valence-electron chi connectivity index (χ3n) is 5.50. The number of nitrogens with zero attached hydrogens (tertiary/aromatic N) is 5. The molecule has 28 heavy (non-hydrogen) atoms. The summed E-state index contributed by atoms with van der Waals surface area (Å²) in [4.78, 5) is 21.9. The Kier molecular flexibility index (Phi) is 5.43. The average molecular weight is 380 g/mol. The van der Waals surface area contributed by atoms with Gasteiger partial charge in [0.2, 0.25) is 0 Å². The molecule has 1 aliphatic heterocycles. The van der Waals surface area contributed by atoms with Crippen molar-refractivity contribution in [2.24, 2.45) is 0 Å². The van der Waals surface area contributed by atoms with E-state index in [2.05, 4.69) is 44.9 Å². The van der Waals surface area contributed by atoms with Crippen LogP contribution in [0.15, 0.2) is 36.7 Å². The lowest BCUT2D eigenvalue weighted by Crippen LogP contribution is -2.40. The predicted molar refractivity (Wildman–Crippen MR) is 109 cm³/mol. The largest absolute Gasteiger partial charge is 0.337 e. The number of piperidine rings is 1. The van der Waals surface area contributed by atoms with Gasteiger partial charge in [-0.15, -0.1) is 0 Å². The molecule has 0 bridgehead atoms. The summed E-state index contributed by atoms with van der Waals surface area (Å²) in [6, 6.07) is 7.79. The van der Waals surface area contributed by atoms with Crippen molar-refractivity contribution in [1.82, 2.24) is 29.5 Å². The number of benzene rings is 1. The second-order valence-corrected chi connectivity index (χ2v) is 7.84. The summed E-state index contributed by atoms with van der Waals surface area (Å²) in [6.07, 6.45) is 7.09. The Morgan fingerprint density at radius 2 is 2.18 bits per heavy atom. The van der Waals surface area contributed by atoms with Gasteiger partial charge in [0, 0.05) is 43.3 Å². The Labute approximate surface area is 165 Å². The lowest BCUT2D eigenvalue weighted by molar-refractivity contribution is 0.0699. The fourth-order valence-electron chi connectivity index (χ4n) is 4.08. The smallest absolute Gasteiger partial charge is 0.275 e. The molecule has 0 unspecified atom stereocenters. The lowest BCUT2D eigenvalue weighted by Gasteiger charge is -2.32. The molecule has 0 aliphatic carbocycles. The van der Waals surface area contributed by atoms with Gasteiger partial charge in [-0.3, -0.25) is 9.89 Å². The molecule has 1 atom stereocenters. The quantitative estimate of drug-likeness (QED) is 0.714. The van der Waals surface area contributed by atoms with Crippen molar-refractivity contribution in [3.63, 3.8) is 0 Å². The highest BCUT2D eigenvalue weighted by Crippen LogP contribution is 2.28. The molecule has 7 nitrogen and oxygen atoms in total. The maximum Gasteiger partial charge on any atom is 0.275 e. The summed E-state index contributed by atoms with van der Waals surface area (Å²) in [5.41, 5.74) is 1.42. The topological polar surface area (TPSA) is 70.1 Å². The Morgan fingerprint density at radius 3 is 3.04 bits per heavy atom. The normalized spacial score (nSPS) is 17.5. The van der Waals surface area contributed by atoms with Crippen LogP contribution in [-0.4, -0.2) is 69.2 Å². The van der Waals surface area contributed by atoms with Crippen molar-refractivity contribution in [2.45, 2.75) is 31.7 Å². The molecule has 1 N–H and O–H groups in total. The fourth-order valence-corrected chi connectivity index (χ4v) is 4.08. The number of likely N-dealkylation sites (tertiary alicyclic amines) is 1. The van der Waals surface area contributed by atoms with Gasteiger partial charge >= 0.3 is 0 Å². The molecule has 0 saturated carbocycles. The SMILES string of the molecule is CN(C)CCCn1ccnc1[C@@H]1CCCN(C(=O)c2n[nH]c3ccccc23)C1. The molecular formula is C21H28N6O. The van der Waals surface area contributed by atoms with Crippen LogP contribution in [0, 0.1) is 0 Å². The number of aromatic amines is 1. The number of carbonyl (C=O) groups excluding carboxylic acids is 1. The Balaban J connectivity index is 1.48. The number of imidazole rings is 1. The summed E-state index contributed by atoms with van der Waals surface area (Å²) >= 11 is 0. The minimum Gasteiger partial charge on any atom is -0.337 e. The van der Waals surface area contributed by atoms with Crippen molar-refractivity contribution in [1.29, 1.82) is 0 Å². The van der Waals surface area contributed by atoms with Crippen molar-refractivity contribution in [3.8, 4) is 0 Å². The molecule has 148 valence electrons. The Morgan fingerprint density at radius 1 is 1.32 bits per heavy atom. The number of hydrogen-bond acceptors (Lipinski definition) is 4. The van der Waals surface area contributed by atoms with Gasteiger partial charge in [0.25, 0.3) is 5.91 Å². The first-order valence-electron chi connectivity index (χ1n) is 10.0. The van der Waals surface area contributed by atoms with E-state index < -0.39 is 0 Å². The summed E-state index contributed by atoms with van der Waals surface area (Å²) in [5, 5.41) is 8.15. The fraction of sp³-hybridized carbons (Fsp3) is 0.476. The Bertz CT molecular complexity index is 943. The van der Waals surface area contributed by atoms with Crippen LogP contribution in [0.3, 0.4) is 0 Å². The van der Waals surface area contributed by atoms with Gasteiger partial charge in [0.1, 0.15) is 5.82 Å². The molecule has 4 rings (SSSR count). The third-order valence-corrected chi connectivity index (χ3v) is 5.50. The maximum absolute atomic E-state index is 13.1. The number of hydrogen-bond donors (Lipinski definition) is 1. The van der Waals surface area contributed by atoms with E-state index in [-0.39, 0.29) is 11.8 Å². The summed E-state index contributed by atoms with van der Waals surface area (Å²) in [5.74, 6) is 1.38. The first-order chi connectivity index (χ1) is 13.6. The number of nitrogens with one attached hydrogen (secondary N) is 1. The number of aryl methyl sites for hydroxylation is 1. The highest BCUT2D eigenvalue weighted by Gasteiger charge is 2.29. The molecule has 0 radical (unpaired) electrons. The van der Waals surface area contributed by atoms with Gasteiger partial charge in [-0.2, -0.15) is 5.10 Å². The van der Waals surface area contributed by atoms with Crippen LogP contribution in [0.5, 0.6) is 0 Å². The third kappa shape index (κ3) is 3.80. The molecule has 1 saturated heterocycles. The van der Waals surface area contributed by atoms with Crippen LogP contribution in [-0.2, 0) is 6.54 Å². The number of carbonyl (C=O) groups is 1. The zero-order valence-corrected chi connectivity index (χ0v) is 16.6. The summed E-state index contributed by atoms with van der Waals surface area (Å²) in [6.45, 7) is 3.49. The van der Waals surface area contributed by atoms with Crippen molar-refractivity contribution in [2.75, 3.05) is 33.7 Å². The zero-order valence-electron chi connectivity index (χ0n) is 16.6. The molecule has 2 aromatic heterocycles. The van der Waals surface area contributed by atoms with Gasteiger partial charge in [-0.25, -0.2) is 4.98 Å². The van der Waals surface area contributed by atoms with Gasteiger partial charge in [-0.1, -0.05) is 18.2 Å². The van der Waals surface area contributed by atoms with E-state index in [1.165, 1.54) is 0 Å². The van der Waals surface area contributed by atoms with Gasteiger partial charge in [-0.05, 0) is 46.0 Å². The number of fused-ring (bicyclic) bond motifs is 1. The molecule has 1 fully saturated rings. The van der Waals surface area contributed by atoms with Crippen LogP contribution in [0.2, 0.25) is 0 Å². The lowest BCUT2D eigenvalue weighted by atomic mass is 9.96. The van der Waals surface area contributed by atoms with E-state index in [0.717, 1.165) is 55.6 Å². The zero-order chi connectivity index (χ0) is 19.5. The van der Waals surface area contributed by atoms with Crippen molar-refractivity contribution < 1.29 is 4.79 Å². The van der Waals surface area contributed by atoms with Crippen LogP contribution in [0.4, 0.5) is 0 Å². The summed E-state index contributed by atoms with van der Waals surface area (Å²) in [7, 11) is 4.19. The monoisotopic (exact) mass is 380 g/mol. The van der Waals surface area contributed by atoms with E-state index >= 15 is 0 Å². The molecule has 1 aromatic carbocycles. The molecule has 7 heteroatoms. The second-order valence-electron chi connectivity index (χ2n) is 7.84. The average Bonchev–Trinajstić information content (AvgIpc) is 3.34. The number of H-pyrrole nitrogens is 1. The molecule has 3 aromatic rings. The first kappa shape index (κ1) is 18.7. The first-order valence-corrected chi connectivity index (χ1v) is 10.0. The minimum atomic E-state index is 0.00728. The van der Waals surface area contributed by atoms with Crippen LogP contribution < -0.4 is 0 Å². The predicted octanol–water partition coefficient (Wildman–Crippen LogP) is 2.73. The number of para-hydroxylation sites is 1. The van der Waals surface area contributed by atoms with E-state index in [4.69, 9.17) is 0 Å². The standard InChI is InChI=1S/C21H28N6O/c1-25(2)11-6-13-26-14-10-22-20(26)16-7-5-12-27(15-16)21(28)19-17-8-3-4-9-18(17)23-24-19/h3-4,8-10,14,16H,5-7,11-13,15H2,1-2H3,(H,23,24)/t16-/m1/s1. The number of aromatic nitrogens is 4. The Hall–Kier alpha value is -2.67. The minimum absolute atomic E-state index is 0.00728. The van der Waals surface area contributed by atoms with Gasteiger partial charge in [0.15, 0.2) is 5.69 Å². The molecule has 1 aliphatic rings. The number of rotatable bonds is 6. The molecule has 0 spiro atoms. The van der Waals surface area contributed by atoms with E-state index in [9.17, 15) is 4.79 Å². The van der Waals surface area contributed by atoms with Gasteiger partial charge < -0.3 is 14.4 Å². The van der Waals surface area contributed by atoms with E-state index in [1.807, 2.05) is 35.4 Å². The second kappa shape index (κ2) is 8.14. The van der Waals surface area contributed by atoms with Crippen LogP contribution in [0.25, 0.3) is 10.9 Å². The molecule has 3 heterocycles. The van der Waals surface area contributed by atoms with Crippen molar-refractivity contribution >= 4 is 16.8 Å². The van der Waals surface area contributed by atoms with Crippen LogP contribution >= 0.6 is 0 Å². The molecular weight excluding hydrogens is 352 g/mol. The molecule has 1 amide bonds. The van der Waals surface area contributed by atoms with Crippen LogP contribution in [0.1, 0.15) is 41.5 Å². The number of amides is 1. The maximum atomic E-state index is 13.1. The van der Waals surface area contributed by atoms with Crippen molar-refractivity contribution in [3.05, 3.63) is 48.2 Å².